The minimum atomic E-state index is -4.66. The Morgan fingerprint density at radius 2 is 1.83 bits per heavy atom. The zero-order valence-corrected chi connectivity index (χ0v) is 16.2. The van der Waals surface area contributed by atoms with E-state index in [1.54, 1.807) is 0 Å². The summed E-state index contributed by atoms with van der Waals surface area (Å²) in [6, 6.07) is 5.73. The van der Waals surface area contributed by atoms with Crippen LogP contribution in [0, 0.1) is 0 Å². The van der Waals surface area contributed by atoms with Crippen LogP contribution < -0.4 is 25.9 Å². The molecule has 2 aromatic rings. The van der Waals surface area contributed by atoms with Gasteiger partial charge < -0.3 is 14.0 Å². The quantitative estimate of drug-likeness (QED) is 0.660. The first-order valence-corrected chi connectivity index (χ1v) is 8.83. The molecule has 162 valence electrons. The third-order valence-electron chi connectivity index (χ3n) is 3.83. The number of benzene rings is 1. The molecule has 2 N–H and O–H groups in total. The maximum Gasteiger partial charge on any atom is 0.417 e. The van der Waals surface area contributed by atoms with E-state index in [-0.39, 0.29) is 5.56 Å². The van der Waals surface area contributed by atoms with E-state index in [9.17, 15) is 27.6 Å². The van der Waals surface area contributed by atoms with Gasteiger partial charge in [-0.2, -0.15) is 13.2 Å². The van der Waals surface area contributed by atoms with Crippen LogP contribution in [0.15, 0.2) is 41.3 Å². The minimum Gasteiger partial charge on any atom is -0.493 e. The number of rotatable bonds is 7. The van der Waals surface area contributed by atoms with E-state index in [1.807, 2.05) is 12.3 Å². The van der Waals surface area contributed by atoms with Crippen molar-refractivity contribution in [3.63, 3.8) is 0 Å². The summed E-state index contributed by atoms with van der Waals surface area (Å²) in [5, 5.41) is 0. The first kappa shape index (κ1) is 22.8. The van der Waals surface area contributed by atoms with Crippen LogP contribution in [0.25, 0.3) is 0 Å². The van der Waals surface area contributed by atoms with Gasteiger partial charge in [0.05, 0.1) is 19.3 Å². The van der Waals surface area contributed by atoms with E-state index >= 15 is 0 Å². The number of alkyl halides is 3. The number of hydrogen-bond acceptors (Lipinski definition) is 5. The molecule has 0 saturated carbocycles. The van der Waals surface area contributed by atoms with Crippen LogP contribution in [-0.2, 0) is 17.5 Å². The third-order valence-corrected chi connectivity index (χ3v) is 3.83. The molecule has 0 aliphatic heterocycles. The lowest BCUT2D eigenvalue weighted by atomic mass is 10.2. The fourth-order valence-electron chi connectivity index (χ4n) is 2.36. The zero-order valence-electron chi connectivity index (χ0n) is 16.2. The second-order valence-corrected chi connectivity index (χ2v) is 6.10. The molecule has 30 heavy (non-hydrogen) atoms. The molecule has 0 saturated heterocycles. The van der Waals surface area contributed by atoms with Gasteiger partial charge in [0, 0.05) is 17.8 Å². The Hall–Kier alpha value is -3.50. The molecule has 11 heteroatoms. The number of nitrogens with one attached hydrogen (secondary N) is 2. The van der Waals surface area contributed by atoms with Gasteiger partial charge in [-0.3, -0.25) is 25.2 Å². The Kier molecular flexibility index (Phi) is 7.45. The maximum atomic E-state index is 12.7. The Morgan fingerprint density at radius 1 is 1.10 bits per heavy atom. The number of pyridine rings is 1. The van der Waals surface area contributed by atoms with Crippen LogP contribution >= 0.6 is 0 Å². The molecular weight excluding hydrogens is 407 g/mol. The Labute approximate surface area is 169 Å². The van der Waals surface area contributed by atoms with Crippen molar-refractivity contribution >= 4 is 11.8 Å². The number of hydrazine groups is 1. The monoisotopic (exact) mass is 427 g/mol. The number of aromatic nitrogens is 1. The van der Waals surface area contributed by atoms with Gasteiger partial charge in [-0.15, -0.1) is 0 Å². The maximum absolute atomic E-state index is 12.7. The highest BCUT2D eigenvalue weighted by Crippen LogP contribution is 2.28. The van der Waals surface area contributed by atoms with Gasteiger partial charge in [0.25, 0.3) is 17.4 Å². The van der Waals surface area contributed by atoms with E-state index in [0.717, 1.165) is 6.42 Å². The number of halogens is 3. The van der Waals surface area contributed by atoms with Crippen LogP contribution in [0.3, 0.4) is 0 Å². The second kappa shape index (κ2) is 9.81. The van der Waals surface area contributed by atoms with E-state index < -0.39 is 35.7 Å². The molecule has 2 rings (SSSR count). The highest BCUT2D eigenvalue weighted by atomic mass is 19.4. The summed E-state index contributed by atoms with van der Waals surface area (Å²) in [6.07, 6.45) is -3.35. The predicted octanol–water partition coefficient (Wildman–Crippen LogP) is 2.13. The minimum absolute atomic E-state index is 0.146. The molecule has 1 aromatic carbocycles. The van der Waals surface area contributed by atoms with E-state index in [4.69, 9.17) is 9.47 Å². The summed E-state index contributed by atoms with van der Waals surface area (Å²) in [7, 11) is 1.41. The van der Waals surface area contributed by atoms with E-state index in [0.29, 0.717) is 41.0 Å². The van der Waals surface area contributed by atoms with Crippen molar-refractivity contribution in [3.8, 4) is 11.5 Å². The summed E-state index contributed by atoms with van der Waals surface area (Å²) in [5.41, 5.74) is 2.45. The lowest BCUT2D eigenvalue weighted by molar-refractivity contribution is -0.138. The van der Waals surface area contributed by atoms with Crippen molar-refractivity contribution in [1.29, 1.82) is 0 Å². The fourth-order valence-corrected chi connectivity index (χ4v) is 2.36. The van der Waals surface area contributed by atoms with Crippen molar-refractivity contribution in [2.45, 2.75) is 26.1 Å². The van der Waals surface area contributed by atoms with Crippen LogP contribution in [-0.4, -0.2) is 30.1 Å². The summed E-state index contributed by atoms with van der Waals surface area (Å²) < 4.78 is 49.5. The molecule has 2 amide bonds. The smallest absolute Gasteiger partial charge is 0.417 e. The summed E-state index contributed by atoms with van der Waals surface area (Å²) in [4.78, 5) is 35.8. The van der Waals surface area contributed by atoms with Gasteiger partial charge in [-0.05, 0) is 30.7 Å². The summed E-state index contributed by atoms with van der Waals surface area (Å²) >= 11 is 0. The Balaban J connectivity index is 2.01. The van der Waals surface area contributed by atoms with Gasteiger partial charge in [0.15, 0.2) is 11.5 Å². The van der Waals surface area contributed by atoms with Gasteiger partial charge in [0.1, 0.15) is 6.54 Å². The summed E-state index contributed by atoms with van der Waals surface area (Å²) in [5.74, 6) is -0.818. The highest BCUT2D eigenvalue weighted by molar-refractivity contribution is 5.96. The standard InChI is InChI=1S/C19H20F3N3O5/c1-3-8-30-14-6-4-12(9-15(14)29-2)18(28)24-23-16(26)11-25-10-13(19(20,21)22)5-7-17(25)27/h4-7,9-10H,3,8,11H2,1-2H3,(H,23,26)(H,24,28). The van der Waals surface area contributed by atoms with Crippen molar-refractivity contribution in [2.75, 3.05) is 13.7 Å². The number of hydrogen-bond donors (Lipinski definition) is 2. The van der Waals surface area contributed by atoms with Gasteiger partial charge in [-0.25, -0.2) is 0 Å². The predicted molar refractivity (Wildman–Crippen MR) is 100 cm³/mol. The average Bonchev–Trinajstić information content (AvgIpc) is 2.71. The number of methoxy groups -OCH3 is 1. The van der Waals surface area contributed by atoms with Gasteiger partial charge in [0.2, 0.25) is 0 Å². The second-order valence-electron chi connectivity index (χ2n) is 6.10. The van der Waals surface area contributed by atoms with Crippen molar-refractivity contribution < 1.29 is 32.2 Å². The molecule has 0 spiro atoms. The lowest BCUT2D eigenvalue weighted by Gasteiger charge is -2.13. The zero-order chi connectivity index (χ0) is 22.3. The first-order chi connectivity index (χ1) is 14.2. The van der Waals surface area contributed by atoms with Crippen LogP contribution in [0.1, 0.15) is 29.3 Å². The third kappa shape index (κ3) is 6.00. The molecular formula is C19H20F3N3O5. The topological polar surface area (TPSA) is 98.7 Å². The van der Waals surface area contributed by atoms with Crippen LogP contribution in [0.4, 0.5) is 13.2 Å². The number of nitrogens with zero attached hydrogens (tertiary/aromatic N) is 1. The molecule has 1 aromatic heterocycles. The molecule has 0 aliphatic rings. The number of carbonyl (C=O) groups is 2. The van der Waals surface area contributed by atoms with E-state index in [1.165, 1.54) is 25.3 Å². The van der Waals surface area contributed by atoms with Crippen molar-refractivity contribution in [2.24, 2.45) is 0 Å². The largest absolute Gasteiger partial charge is 0.493 e. The average molecular weight is 427 g/mol. The molecule has 8 nitrogen and oxygen atoms in total. The Morgan fingerprint density at radius 3 is 2.47 bits per heavy atom. The normalized spacial score (nSPS) is 11.0. The van der Waals surface area contributed by atoms with Gasteiger partial charge in [-0.1, -0.05) is 6.92 Å². The lowest BCUT2D eigenvalue weighted by Crippen LogP contribution is -2.44. The molecule has 0 aliphatic carbocycles. The Bertz CT molecular complexity index is 973. The van der Waals surface area contributed by atoms with Crippen molar-refractivity contribution in [3.05, 3.63) is 58.0 Å². The van der Waals surface area contributed by atoms with Gasteiger partial charge >= 0.3 is 6.18 Å². The fraction of sp³-hybridized carbons (Fsp3) is 0.316. The van der Waals surface area contributed by atoms with Crippen LogP contribution in [0.2, 0.25) is 0 Å². The molecule has 0 fully saturated rings. The SMILES string of the molecule is CCCOc1ccc(C(=O)NNC(=O)Cn2cc(C(F)(F)F)ccc2=O)cc1OC. The summed E-state index contributed by atoms with van der Waals surface area (Å²) in [6.45, 7) is 1.69. The number of amides is 2. The number of ether oxygens (including phenoxy) is 2. The van der Waals surface area contributed by atoms with Crippen molar-refractivity contribution in [1.82, 2.24) is 15.4 Å². The molecule has 0 unspecified atom stereocenters. The van der Waals surface area contributed by atoms with E-state index in [2.05, 4.69) is 5.43 Å². The highest BCUT2D eigenvalue weighted by Gasteiger charge is 2.31. The first-order valence-electron chi connectivity index (χ1n) is 8.83. The molecule has 1 heterocycles. The molecule has 0 bridgehead atoms. The number of carbonyl (C=O) groups excluding carboxylic acids is 2. The molecule has 0 atom stereocenters. The van der Waals surface area contributed by atoms with Crippen LogP contribution in [0.5, 0.6) is 11.5 Å². The molecule has 0 radical (unpaired) electrons.